The predicted octanol–water partition coefficient (Wildman–Crippen LogP) is 3.07. The maximum Gasteiger partial charge on any atom is 0.153 e. The highest BCUT2D eigenvalue weighted by Crippen LogP contribution is 2.19. The van der Waals surface area contributed by atoms with Crippen LogP contribution >= 0.6 is 11.6 Å². The van der Waals surface area contributed by atoms with Crippen LogP contribution in [-0.2, 0) is 6.42 Å². The molecule has 0 atom stereocenters. The van der Waals surface area contributed by atoms with Gasteiger partial charge in [-0.25, -0.2) is 0 Å². The maximum absolute atomic E-state index is 10.8. The Morgan fingerprint density at radius 1 is 1.47 bits per heavy atom. The van der Waals surface area contributed by atoms with Gasteiger partial charge in [0.2, 0.25) is 0 Å². The highest BCUT2D eigenvalue weighted by molar-refractivity contribution is 6.17. The van der Waals surface area contributed by atoms with E-state index in [9.17, 15) is 4.79 Å². The van der Waals surface area contributed by atoms with Crippen LogP contribution in [0.5, 0.6) is 5.75 Å². The summed E-state index contributed by atoms with van der Waals surface area (Å²) in [5.74, 6) is 1.22. The number of hydrogen-bond acceptors (Lipinski definition) is 2. The summed E-state index contributed by atoms with van der Waals surface area (Å²) in [6.45, 7) is 2.60. The van der Waals surface area contributed by atoms with Crippen LogP contribution in [0.25, 0.3) is 0 Å². The molecule has 1 aromatic carbocycles. The molecule has 1 aromatic rings. The summed E-state index contributed by atoms with van der Waals surface area (Å²) in [6.07, 6.45) is 2.54. The molecule has 0 radical (unpaired) electrons. The molecule has 0 heterocycles. The van der Waals surface area contributed by atoms with Crippen LogP contribution in [0.4, 0.5) is 0 Å². The summed E-state index contributed by atoms with van der Waals surface area (Å²) in [4.78, 5) is 10.8. The molecule has 1 rings (SSSR count). The van der Waals surface area contributed by atoms with E-state index in [0.29, 0.717) is 23.8 Å². The standard InChI is InChI=1S/C12H15ClO2/c1-2-10-4-5-12(11(8-10)9-14)15-7-3-6-13/h4-5,8-9H,2-3,6-7H2,1H3. The molecule has 0 amide bonds. The van der Waals surface area contributed by atoms with Crippen molar-refractivity contribution >= 4 is 17.9 Å². The largest absolute Gasteiger partial charge is 0.493 e. The first kappa shape index (κ1) is 12.1. The molecule has 0 aliphatic rings. The molecule has 0 aliphatic heterocycles. The molecule has 0 N–H and O–H groups in total. The zero-order chi connectivity index (χ0) is 11.1. The first-order valence-electron chi connectivity index (χ1n) is 5.08. The van der Waals surface area contributed by atoms with Crippen LogP contribution in [0.3, 0.4) is 0 Å². The summed E-state index contributed by atoms with van der Waals surface area (Å²) < 4.78 is 5.45. The van der Waals surface area contributed by atoms with Crippen molar-refractivity contribution < 1.29 is 9.53 Å². The first-order valence-corrected chi connectivity index (χ1v) is 5.62. The minimum absolute atomic E-state index is 0.551. The van der Waals surface area contributed by atoms with Gasteiger partial charge in [0.05, 0.1) is 12.2 Å². The van der Waals surface area contributed by atoms with Crippen molar-refractivity contribution in [2.75, 3.05) is 12.5 Å². The minimum Gasteiger partial charge on any atom is -0.493 e. The van der Waals surface area contributed by atoms with Crippen LogP contribution in [0.2, 0.25) is 0 Å². The number of ether oxygens (including phenoxy) is 1. The maximum atomic E-state index is 10.8. The molecule has 0 saturated heterocycles. The predicted molar refractivity (Wildman–Crippen MR) is 62.0 cm³/mol. The number of halogens is 1. The Morgan fingerprint density at radius 3 is 2.87 bits per heavy atom. The molecule has 0 aromatic heterocycles. The van der Waals surface area contributed by atoms with Crippen molar-refractivity contribution in [3.05, 3.63) is 29.3 Å². The molecular formula is C12H15ClO2. The average Bonchev–Trinajstić information content (AvgIpc) is 2.29. The van der Waals surface area contributed by atoms with Crippen molar-refractivity contribution in [2.24, 2.45) is 0 Å². The molecule has 3 heteroatoms. The lowest BCUT2D eigenvalue weighted by Gasteiger charge is -2.08. The number of alkyl halides is 1. The number of rotatable bonds is 6. The molecule has 2 nitrogen and oxygen atoms in total. The SMILES string of the molecule is CCc1ccc(OCCCCl)c(C=O)c1. The van der Waals surface area contributed by atoms with Gasteiger partial charge in [-0.3, -0.25) is 4.79 Å². The van der Waals surface area contributed by atoms with Crippen LogP contribution < -0.4 is 4.74 Å². The van der Waals surface area contributed by atoms with E-state index in [1.165, 1.54) is 0 Å². The molecule has 0 bridgehead atoms. The molecule has 82 valence electrons. The fourth-order valence-corrected chi connectivity index (χ4v) is 1.39. The van der Waals surface area contributed by atoms with Gasteiger partial charge in [0.15, 0.2) is 6.29 Å². The number of hydrogen-bond donors (Lipinski definition) is 0. The summed E-state index contributed by atoms with van der Waals surface area (Å²) in [5.41, 5.74) is 1.76. The second-order valence-electron chi connectivity index (χ2n) is 3.23. The Labute approximate surface area is 95.2 Å². The zero-order valence-electron chi connectivity index (χ0n) is 8.83. The zero-order valence-corrected chi connectivity index (χ0v) is 9.59. The van der Waals surface area contributed by atoms with Gasteiger partial charge in [-0.1, -0.05) is 13.0 Å². The number of benzene rings is 1. The minimum atomic E-state index is 0.551. The van der Waals surface area contributed by atoms with E-state index in [0.717, 1.165) is 24.7 Å². The third-order valence-electron chi connectivity index (χ3n) is 2.14. The van der Waals surface area contributed by atoms with Crippen LogP contribution in [0.15, 0.2) is 18.2 Å². The molecule has 0 saturated carbocycles. The van der Waals surface area contributed by atoms with E-state index in [2.05, 4.69) is 6.92 Å². The Kier molecular flexibility index (Phi) is 5.19. The van der Waals surface area contributed by atoms with Gasteiger partial charge in [-0.2, -0.15) is 0 Å². The molecule has 0 spiro atoms. The first-order chi connectivity index (χ1) is 7.31. The van der Waals surface area contributed by atoms with E-state index in [1.54, 1.807) is 0 Å². The van der Waals surface area contributed by atoms with E-state index in [-0.39, 0.29) is 0 Å². The Bertz CT molecular complexity index is 323. The average molecular weight is 227 g/mol. The normalized spacial score (nSPS) is 10.0. The fourth-order valence-electron chi connectivity index (χ4n) is 1.28. The molecule has 15 heavy (non-hydrogen) atoms. The van der Waals surface area contributed by atoms with E-state index in [4.69, 9.17) is 16.3 Å². The second-order valence-corrected chi connectivity index (χ2v) is 3.61. The van der Waals surface area contributed by atoms with Gasteiger partial charge >= 0.3 is 0 Å². The Morgan fingerprint density at radius 2 is 2.27 bits per heavy atom. The van der Waals surface area contributed by atoms with Gasteiger partial charge in [-0.05, 0) is 30.5 Å². The highest BCUT2D eigenvalue weighted by atomic mass is 35.5. The lowest BCUT2D eigenvalue weighted by Crippen LogP contribution is -2.01. The Balaban J connectivity index is 2.73. The summed E-state index contributed by atoms with van der Waals surface area (Å²) >= 11 is 5.54. The molecule has 0 fully saturated rings. The molecule has 0 unspecified atom stereocenters. The number of aldehydes is 1. The van der Waals surface area contributed by atoms with E-state index >= 15 is 0 Å². The molecular weight excluding hydrogens is 212 g/mol. The van der Waals surface area contributed by atoms with Crippen LogP contribution in [0.1, 0.15) is 29.3 Å². The van der Waals surface area contributed by atoms with Gasteiger partial charge in [-0.15, -0.1) is 11.6 Å². The quantitative estimate of drug-likeness (QED) is 0.423. The number of aryl methyl sites for hydroxylation is 1. The van der Waals surface area contributed by atoms with Gasteiger partial charge in [0.25, 0.3) is 0 Å². The van der Waals surface area contributed by atoms with Crippen molar-refractivity contribution in [1.29, 1.82) is 0 Å². The van der Waals surface area contributed by atoms with E-state index < -0.39 is 0 Å². The van der Waals surface area contributed by atoms with Crippen molar-refractivity contribution in [3.8, 4) is 5.75 Å². The summed E-state index contributed by atoms with van der Waals surface area (Å²) in [6, 6.07) is 5.68. The smallest absolute Gasteiger partial charge is 0.153 e. The lowest BCUT2D eigenvalue weighted by molar-refractivity contribution is 0.111. The fraction of sp³-hybridized carbons (Fsp3) is 0.417. The Hall–Kier alpha value is -1.02. The van der Waals surface area contributed by atoms with Crippen LogP contribution in [0, 0.1) is 0 Å². The van der Waals surface area contributed by atoms with Crippen molar-refractivity contribution in [1.82, 2.24) is 0 Å². The second kappa shape index (κ2) is 6.46. The van der Waals surface area contributed by atoms with Gasteiger partial charge < -0.3 is 4.74 Å². The van der Waals surface area contributed by atoms with Gasteiger partial charge in [0.1, 0.15) is 5.75 Å². The topological polar surface area (TPSA) is 26.3 Å². The van der Waals surface area contributed by atoms with Crippen molar-refractivity contribution in [3.63, 3.8) is 0 Å². The monoisotopic (exact) mass is 226 g/mol. The highest BCUT2D eigenvalue weighted by Gasteiger charge is 2.03. The number of carbonyl (C=O) groups excluding carboxylic acids is 1. The third kappa shape index (κ3) is 3.56. The third-order valence-corrected chi connectivity index (χ3v) is 2.41. The summed E-state index contributed by atoms with van der Waals surface area (Å²) in [5, 5.41) is 0. The lowest BCUT2D eigenvalue weighted by atomic mass is 10.1. The van der Waals surface area contributed by atoms with Crippen LogP contribution in [-0.4, -0.2) is 18.8 Å². The summed E-state index contributed by atoms with van der Waals surface area (Å²) in [7, 11) is 0. The molecule has 0 aliphatic carbocycles. The van der Waals surface area contributed by atoms with E-state index in [1.807, 2.05) is 18.2 Å². The van der Waals surface area contributed by atoms with Gasteiger partial charge in [0, 0.05) is 5.88 Å². The van der Waals surface area contributed by atoms with Crippen molar-refractivity contribution in [2.45, 2.75) is 19.8 Å². The number of carbonyl (C=O) groups is 1.